The van der Waals surface area contributed by atoms with Crippen LogP contribution in [0.1, 0.15) is 5.82 Å². The molecule has 0 amide bonds. The molecule has 0 radical (unpaired) electrons. The van der Waals surface area contributed by atoms with Crippen LogP contribution in [-0.2, 0) is 0 Å². The topological polar surface area (TPSA) is 77.7 Å². The van der Waals surface area contributed by atoms with Crippen LogP contribution in [0.3, 0.4) is 0 Å². The van der Waals surface area contributed by atoms with Gasteiger partial charge in [0.1, 0.15) is 5.82 Å². The Kier molecular flexibility index (Phi) is 2.59. The molecule has 6 heteroatoms. The molecule has 0 fully saturated rings. The molecule has 0 spiro atoms. The normalized spacial score (nSPS) is 9.08. The summed E-state index contributed by atoms with van der Waals surface area (Å²) in [6.45, 7) is 1.75. The Labute approximate surface area is 76.3 Å². The van der Waals surface area contributed by atoms with E-state index in [1.165, 1.54) is 0 Å². The first-order valence-corrected chi connectivity index (χ1v) is 3.68. The molecule has 13 heavy (non-hydrogen) atoms. The minimum Gasteiger partial charge on any atom is -0.347 e. The summed E-state index contributed by atoms with van der Waals surface area (Å²) in [6, 6.07) is 0. The minimum absolute atomic E-state index is 0.277. The number of aryl methyl sites for hydroxylation is 1. The molecule has 0 unspecified atom stereocenters. The molecule has 1 N–H and O–H groups in total. The van der Waals surface area contributed by atoms with Gasteiger partial charge in [0, 0.05) is 14.1 Å². The Morgan fingerprint density at radius 1 is 1.31 bits per heavy atom. The van der Waals surface area contributed by atoms with E-state index in [9.17, 15) is 0 Å². The Morgan fingerprint density at radius 2 is 2.00 bits per heavy atom. The van der Waals surface area contributed by atoms with Crippen molar-refractivity contribution in [1.29, 1.82) is 5.26 Å². The van der Waals surface area contributed by atoms with E-state index in [1.54, 1.807) is 18.0 Å². The van der Waals surface area contributed by atoms with Crippen molar-refractivity contribution >= 4 is 11.9 Å². The average Bonchev–Trinajstić information content (AvgIpc) is 2.03. The molecule has 0 bridgehead atoms. The van der Waals surface area contributed by atoms with Crippen LogP contribution >= 0.6 is 0 Å². The van der Waals surface area contributed by atoms with Crippen molar-refractivity contribution < 1.29 is 0 Å². The lowest BCUT2D eigenvalue weighted by Crippen LogP contribution is -2.15. The smallest absolute Gasteiger partial charge is 0.241 e. The summed E-state index contributed by atoms with van der Waals surface area (Å²) in [4.78, 5) is 13.7. The van der Waals surface area contributed by atoms with Crippen LogP contribution in [0, 0.1) is 18.4 Å². The van der Waals surface area contributed by atoms with Crippen LogP contribution in [0.5, 0.6) is 0 Å². The van der Waals surface area contributed by atoms with E-state index in [1.807, 2.05) is 14.1 Å². The maximum absolute atomic E-state index is 8.36. The van der Waals surface area contributed by atoms with E-state index in [0.29, 0.717) is 11.8 Å². The molecule has 1 aromatic rings. The van der Waals surface area contributed by atoms with Crippen molar-refractivity contribution in [3.8, 4) is 6.19 Å². The molecule has 0 aliphatic rings. The van der Waals surface area contributed by atoms with Gasteiger partial charge in [-0.2, -0.15) is 20.2 Å². The third-order valence-corrected chi connectivity index (χ3v) is 1.30. The lowest BCUT2D eigenvalue weighted by molar-refractivity contribution is 0.923. The highest BCUT2D eigenvalue weighted by atomic mass is 15.3. The second-order valence-electron chi connectivity index (χ2n) is 2.64. The summed E-state index contributed by atoms with van der Waals surface area (Å²) < 4.78 is 0. The summed E-state index contributed by atoms with van der Waals surface area (Å²) in [5.41, 5.74) is 0. The molecule has 0 saturated carbocycles. The first kappa shape index (κ1) is 9.19. The molecular weight excluding hydrogens is 168 g/mol. The number of nitrogens with one attached hydrogen (secondary N) is 1. The Morgan fingerprint density at radius 3 is 2.54 bits per heavy atom. The van der Waals surface area contributed by atoms with Crippen molar-refractivity contribution in [2.24, 2.45) is 0 Å². The van der Waals surface area contributed by atoms with E-state index >= 15 is 0 Å². The molecule has 0 saturated heterocycles. The predicted octanol–water partition coefficient (Wildman–Crippen LogP) is 0.139. The first-order valence-electron chi connectivity index (χ1n) is 3.68. The highest BCUT2D eigenvalue weighted by Gasteiger charge is 2.03. The van der Waals surface area contributed by atoms with E-state index < -0.39 is 0 Å². The molecule has 6 nitrogen and oxygen atoms in total. The SMILES string of the molecule is Cc1nc(NC#N)nc(N(C)C)n1. The lowest BCUT2D eigenvalue weighted by atomic mass is 10.6. The third kappa shape index (κ3) is 2.27. The fraction of sp³-hybridized carbons (Fsp3) is 0.429. The van der Waals surface area contributed by atoms with Crippen LogP contribution in [0.15, 0.2) is 0 Å². The number of nitriles is 1. The van der Waals surface area contributed by atoms with Crippen LogP contribution in [0.25, 0.3) is 0 Å². The molecule has 1 rings (SSSR count). The maximum Gasteiger partial charge on any atom is 0.241 e. The number of nitrogens with zero attached hydrogens (tertiary/aromatic N) is 5. The summed E-state index contributed by atoms with van der Waals surface area (Å²) in [7, 11) is 3.65. The molecule has 0 aliphatic heterocycles. The average molecular weight is 178 g/mol. The molecule has 0 aromatic carbocycles. The van der Waals surface area contributed by atoms with Crippen LogP contribution in [0.2, 0.25) is 0 Å². The molecule has 0 aliphatic carbocycles. The minimum atomic E-state index is 0.277. The fourth-order valence-electron chi connectivity index (χ4n) is 0.774. The number of hydrogen-bond acceptors (Lipinski definition) is 6. The zero-order chi connectivity index (χ0) is 9.84. The monoisotopic (exact) mass is 178 g/mol. The van der Waals surface area contributed by atoms with Crippen molar-refractivity contribution in [1.82, 2.24) is 15.0 Å². The van der Waals surface area contributed by atoms with E-state index in [0.717, 1.165) is 0 Å². The molecular formula is C7H10N6. The number of anilines is 2. The molecule has 1 aromatic heterocycles. The Hall–Kier alpha value is -1.90. The highest BCUT2D eigenvalue weighted by Crippen LogP contribution is 2.06. The first-order chi connectivity index (χ1) is 6.13. The highest BCUT2D eigenvalue weighted by molar-refractivity contribution is 5.37. The summed E-state index contributed by atoms with van der Waals surface area (Å²) in [5.74, 6) is 1.39. The second kappa shape index (κ2) is 3.67. The van der Waals surface area contributed by atoms with Gasteiger partial charge >= 0.3 is 0 Å². The largest absolute Gasteiger partial charge is 0.347 e. The van der Waals surface area contributed by atoms with Gasteiger partial charge in [0.05, 0.1) is 0 Å². The lowest BCUT2D eigenvalue weighted by Gasteiger charge is -2.10. The zero-order valence-electron chi connectivity index (χ0n) is 7.74. The van der Waals surface area contributed by atoms with Gasteiger partial charge in [0.15, 0.2) is 6.19 Å². The zero-order valence-corrected chi connectivity index (χ0v) is 7.74. The molecule has 0 atom stereocenters. The molecule has 1 heterocycles. The molecule has 68 valence electrons. The van der Waals surface area contributed by atoms with Crippen LogP contribution in [-0.4, -0.2) is 29.0 Å². The van der Waals surface area contributed by atoms with Crippen LogP contribution in [0.4, 0.5) is 11.9 Å². The maximum atomic E-state index is 8.36. The van der Waals surface area contributed by atoms with Crippen molar-refractivity contribution in [3.05, 3.63) is 5.82 Å². The van der Waals surface area contributed by atoms with E-state index in [2.05, 4.69) is 20.3 Å². The van der Waals surface area contributed by atoms with Gasteiger partial charge in [-0.05, 0) is 6.92 Å². The summed E-state index contributed by atoms with van der Waals surface area (Å²) in [5, 5.41) is 10.7. The van der Waals surface area contributed by atoms with E-state index in [4.69, 9.17) is 5.26 Å². The van der Waals surface area contributed by atoms with Gasteiger partial charge in [-0.25, -0.2) is 0 Å². The van der Waals surface area contributed by atoms with E-state index in [-0.39, 0.29) is 5.95 Å². The van der Waals surface area contributed by atoms with Gasteiger partial charge in [-0.1, -0.05) is 0 Å². The van der Waals surface area contributed by atoms with Crippen molar-refractivity contribution in [2.45, 2.75) is 6.92 Å². The predicted molar refractivity (Wildman–Crippen MR) is 48.1 cm³/mol. The summed E-state index contributed by atoms with van der Waals surface area (Å²) in [6.07, 6.45) is 1.76. The quantitative estimate of drug-likeness (QED) is 0.512. The number of hydrogen-bond donors (Lipinski definition) is 1. The number of rotatable bonds is 2. The Bertz CT molecular complexity index is 339. The third-order valence-electron chi connectivity index (χ3n) is 1.30. The van der Waals surface area contributed by atoms with Gasteiger partial charge in [-0.3, -0.25) is 5.32 Å². The van der Waals surface area contributed by atoms with Crippen LogP contribution < -0.4 is 10.2 Å². The second-order valence-corrected chi connectivity index (χ2v) is 2.64. The fourth-order valence-corrected chi connectivity index (χ4v) is 0.774. The summed E-state index contributed by atoms with van der Waals surface area (Å²) >= 11 is 0. The van der Waals surface area contributed by atoms with Gasteiger partial charge < -0.3 is 4.90 Å². The standard InChI is InChI=1S/C7H10N6/c1-5-10-6(9-4-8)12-7(11-5)13(2)3/h1-3H3,(H,9,10,11,12). The van der Waals surface area contributed by atoms with Gasteiger partial charge in [0.2, 0.25) is 11.9 Å². The van der Waals surface area contributed by atoms with Gasteiger partial charge in [0.25, 0.3) is 0 Å². The Balaban J connectivity index is 3.05. The van der Waals surface area contributed by atoms with Crippen molar-refractivity contribution in [2.75, 3.05) is 24.3 Å². The van der Waals surface area contributed by atoms with Crippen molar-refractivity contribution in [3.63, 3.8) is 0 Å². The number of aromatic nitrogens is 3. The van der Waals surface area contributed by atoms with Gasteiger partial charge in [-0.15, -0.1) is 0 Å².